The summed E-state index contributed by atoms with van der Waals surface area (Å²) in [5, 5.41) is 3.21. The first-order valence-corrected chi connectivity index (χ1v) is 8.15. The van der Waals surface area contributed by atoms with Crippen LogP contribution in [0.25, 0.3) is 0 Å². The monoisotopic (exact) mass is 401 g/mol. The molecule has 1 amide bonds. The highest BCUT2D eigenvalue weighted by Gasteiger charge is 2.31. The van der Waals surface area contributed by atoms with Gasteiger partial charge in [0.05, 0.1) is 5.56 Å². The van der Waals surface area contributed by atoms with Gasteiger partial charge in [0.2, 0.25) is 0 Å². The molecule has 0 aliphatic heterocycles. The predicted molar refractivity (Wildman–Crippen MR) is 91.6 cm³/mol. The third-order valence-electron chi connectivity index (χ3n) is 3.31. The molecule has 0 aliphatic carbocycles. The van der Waals surface area contributed by atoms with Crippen LogP contribution < -0.4 is 10.1 Å². The summed E-state index contributed by atoms with van der Waals surface area (Å²) in [6.45, 7) is -0.151. The molecule has 144 valence electrons. The Morgan fingerprint density at radius 2 is 1.63 bits per heavy atom. The molecule has 0 aromatic heterocycles. The number of esters is 1. The van der Waals surface area contributed by atoms with E-state index in [2.05, 4.69) is 10.1 Å². The molecule has 2 aromatic rings. The Kier molecular flexibility index (Phi) is 7.06. The van der Waals surface area contributed by atoms with Gasteiger partial charge in [-0.3, -0.25) is 4.79 Å². The standard InChI is InChI=1S/C18H15ClF3NO4/c19-14-5-1-12(2-6-14)9-10-23-16(24)11-26-17(25)13-3-7-15(8-4-13)27-18(20,21)22/h1-8H,9-11H2,(H,23,24). The van der Waals surface area contributed by atoms with E-state index in [1.165, 1.54) is 0 Å². The Labute approximate surface area is 158 Å². The quantitative estimate of drug-likeness (QED) is 0.718. The lowest BCUT2D eigenvalue weighted by Crippen LogP contribution is -2.30. The van der Waals surface area contributed by atoms with Gasteiger partial charge >= 0.3 is 12.3 Å². The van der Waals surface area contributed by atoms with Crippen molar-refractivity contribution < 1.29 is 32.2 Å². The maximum Gasteiger partial charge on any atom is 0.573 e. The summed E-state index contributed by atoms with van der Waals surface area (Å²) in [6.07, 6.45) is -4.23. The number of ether oxygens (including phenoxy) is 2. The average molecular weight is 402 g/mol. The third kappa shape index (κ3) is 7.57. The van der Waals surface area contributed by atoms with Gasteiger partial charge in [-0.25, -0.2) is 4.79 Å². The highest BCUT2D eigenvalue weighted by atomic mass is 35.5. The van der Waals surface area contributed by atoms with Crippen LogP contribution in [0.1, 0.15) is 15.9 Å². The topological polar surface area (TPSA) is 64.6 Å². The van der Waals surface area contributed by atoms with E-state index in [-0.39, 0.29) is 5.56 Å². The van der Waals surface area contributed by atoms with Gasteiger partial charge in [0.15, 0.2) is 6.61 Å². The predicted octanol–water partition coefficient (Wildman–Crippen LogP) is 3.75. The molecule has 0 fully saturated rings. The Balaban J connectivity index is 1.72. The van der Waals surface area contributed by atoms with E-state index in [0.717, 1.165) is 29.8 Å². The number of carbonyl (C=O) groups is 2. The minimum Gasteiger partial charge on any atom is -0.452 e. The number of nitrogens with one attached hydrogen (secondary N) is 1. The van der Waals surface area contributed by atoms with Crippen LogP contribution in [0.15, 0.2) is 48.5 Å². The van der Waals surface area contributed by atoms with Crippen molar-refractivity contribution in [2.24, 2.45) is 0 Å². The minimum atomic E-state index is -4.81. The van der Waals surface area contributed by atoms with Crippen LogP contribution in [-0.2, 0) is 16.0 Å². The van der Waals surface area contributed by atoms with E-state index < -0.39 is 30.6 Å². The molecule has 0 spiro atoms. The molecule has 0 aliphatic rings. The fourth-order valence-electron chi connectivity index (χ4n) is 2.06. The van der Waals surface area contributed by atoms with Crippen molar-refractivity contribution in [3.63, 3.8) is 0 Å². The molecule has 5 nitrogen and oxygen atoms in total. The Morgan fingerprint density at radius 1 is 1.00 bits per heavy atom. The molecule has 1 N–H and O–H groups in total. The van der Waals surface area contributed by atoms with E-state index in [0.29, 0.717) is 18.0 Å². The van der Waals surface area contributed by atoms with E-state index in [4.69, 9.17) is 16.3 Å². The lowest BCUT2D eigenvalue weighted by Gasteiger charge is -2.09. The van der Waals surface area contributed by atoms with Crippen molar-refractivity contribution in [1.82, 2.24) is 5.32 Å². The van der Waals surface area contributed by atoms with Crippen molar-refractivity contribution in [3.05, 3.63) is 64.7 Å². The van der Waals surface area contributed by atoms with Crippen LogP contribution in [0.5, 0.6) is 5.75 Å². The van der Waals surface area contributed by atoms with E-state index >= 15 is 0 Å². The molecule has 27 heavy (non-hydrogen) atoms. The Hall–Kier alpha value is -2.74. The molecule has 2 rings (SSSR count). The second kappa shape index (κ2) is 9.27. The fraction of sp³-hybridized carbons (Fsp3) is 0.222. The average Bonchev–Trinajstić information content (AvgIpc) is 2.60. The molecule has 0 saturated carbocycles. The van der Waals surface area contributed by atoms with Crippen molar-refractivity contribution >= 4 is 23.5 Å². The first-order valence-electron chi connectivity index (χ1n) is 7.77. The molecule has 0 saturated heterocycles. The summed E-state index contributed by atoms with van der Waals surface area (Å²) in [7, 11) is 0. The number of carbonyl (C=O) groups excluding carboxylic acids is 2. The highest BCUT2D eigenvalue weighted by molar-refractivity contribution is 6.30. The lowest BCUT2D eigenvalue weighted by atomic mass is 10.1. The number of halogens is 4. The SMILES string of the molecule is O=C(COC(=O)c1ccc(OC(F)(F)F)cc1)NCCc1ccc(Cl)cc1. The molecule has 9 heteroatoms. The molecule has 0 unspecified atom stereocenters. The van der Waals surface area contributed by atoms with Crippen molar-refractivity contribution in [2.45, 2.75) is 12.8 Å². The minimum absolute atomic E-state index is 0.00140. The number of amides is 1. The second-order valence-electron chi connectivity index (χ2n) is 5.37. The molecule has 0 radical (unpaired) electrons. The van der Waals surface area contributed by atoms with Crippen molar-refractivity contribution in [2.75, 3.05) is 13.2 Å². The Bertz CT molecular complexity index is 777. The number of benzene rings is 2. The van der Waals surface area contributed by atoms with Crippen LogP contribution >= 0.6 is 11.6 Å². The van der Waals surface area contributed by atoms with Gasteiger partial charge in [-0.2, -0.15) is 0 Å². The number of rotatable bonds is 7. The van der Waals surface area contributed by atoms with E-state index in [1.54, 1.807) is 12.1 Å². The van der Waals surface area contributed by atoms with Crippen LogP contribution in [0, 0.1) is 0 Å². The van der Waals surface area contributed by atoms with Crippen LogP contribution in [0.2, 0.25) is 5.02 Å². The smallest absolute Gasteiger partial charge is 0.452 e. The van der Waals surface area contributed by atoms with Gasteiger partial charge in [0.1, 0.15) is 5.75 Å². The van der Waals surface area contributed by atoms with E-state index in [1.807, 2.05) is 12.1 Å². The second-order valence-corrected chi connectivity index (χ2v) is 5.81. The van der Waals surface area contributed by atoms with Gasteiger partial charge in [-0.05, 0) is 48.4 Å². The maximum absolute atomic E-state index is 12.1. The number of hydrogen-bond donors (Lipinski definition) is 1. The zero-order valence-corrected chi connectivity index (χ0v) is 14.6. The number of alkyl halides is 3. The van der Waals surface area contributed by atoms with Gasteiger partial charge in [0.25, 0.3) is 5.91 Å². The summed E-state index contributed by atoms with van der Waals surface area (Å²) in [6, 6.07) is 11.3. The summed E-state index contributed by atoms with van der Waals surface area (Å²) < 4.78 is 44.7. The molecular formula is C18H15ClF3NO4. The molecular weight excluding hydrogens is 387 g/mol. The van der Waals surface area contributed by atoms with Gasteiger partial charge in [-0.1, -0.05) is 23.7 Å². The lowest BCUT2D eigenvalue weighted by molar-refractivity contribution is -0.274. The van der Waals surface area contributed by atoms with E-state index in [9.17, 15) is 22.8 Å². The van der Waals surface area contributed by atoms with Crippen LogP contribution in [0.3, 0.4) is 0 Å². The summed E-state index contributed by atoms with van der Waals surface area (Å²) in [5.74, 6) is -1.78. The van der Waals surface area contributed by atoms with Crippen molar-refractivity contribution in [3.8, 4) is 5.75 Å². The zero-order valence-electron chi connectivity index (χ0n) is 13.9. The number of hydrogen-bond acceptors (Lipinski definition) is 4. The highest BCUT2D eigenvalue weighted by Crippen LogP contribution is 2.22. The fourth-order valence-corrected chi connectivity index (χ4v) is 2.18. The summed E-state index contributed by atoms with van der Waals surface area (Å²) in [4.78, 5) is 23.5. The normalized spacial score (nSPS) is 11.0. The first kappa shape index (κ1) is 20.6. The third-order valence-corrected chi connectivity index (χ3v) is 3.56. The largest absolute Gasteiger partial charge is 0.573 e. The molecule has 0 atom stereocenters. The first-order chi connectivity index (χ1) is 12.7. The maximum atomic E-state index is 12.1. The van der Waals surface area contributed by atoms with Crippen LogP contribution in [-0.4, -0.2) is 31.4 Å². The molecule has 0 bridgehead atoms. The van der Waals surface area contributed by atoms with Crippen molar-refractivity contribution in [1.29, 1.82) is 0 Å². The van der Waals surface area contributed by atoms with Gasteiger partial charge < -0.3 is 14.8 Å². The zero-order chi connectivity index (χ0) is 19.9. The van der Waals surface area contributed by atoms with Crippen LogP contribution in [0.4, 0.5) is 13.2 Å². The summed E-state index contributed by atoms with van der Waals surface area (Å²) in [5.41, 5.74) is 0.983. The summed E-state index contributed by atoms with van der Waals surface area (Å²) >= 11 is 5.78. The van der Waals surface area contributed by atoms with Gasteiger partial charge in [-0.15, -0.1) is 13.2 Å². The van der Waals surface area contributed by atoms with Gasteiger partial charge in [0, 0.05) is 11.6 Å². The Morgan fingerprint density at radius 3 is 2.22 bits per heavy atom. The molecule has 2 aromatic carbocycles. The molecule has 0 heterocycles.